The molecule has 0 radical (unpaired) electrons. The highest BCUT2D eigenvalue weighted by molar-refractivity contribution is 9.08. The number of esters is 1. The zero-order valence-electron chi connectivity index (χ0n) is 9.92. The van der Waals surface area contributed by atoms with Crippen molar-refractivity contribution in [3.8, 4) is 6.07 Å². The van der Waals surface area contributed by atoms with Crippen LogP contribution in [0.2, 0.25) is 0 Å². The zero-order chi connectivity index (χ0) is 12.8. The lowest BCUT2D eigenvalue weighted by Gasteiger charge is -2.11. The predicted molar refractivity (Wildman–Crippen MR) is 68.9 cm³/mol. The van der Waals surface area contributed by atoms with Crippen molar-refractivity contribution in [3.63, 3.8) is 0 Å². The van der Waals surface area contributed by atoms with Crippen LogP contribution in [-0.4, -0.2) is 13.1 Å². The van der Waals surface area contributed by atoms with Crippen molar-refractivity contribution < 1.29 is 9.53 Å². The Morgan fingerprint density at radius 2 is 2.12 bits per heavy atom. The molecule has 0 amide bonds. The van der Waals surface area contributed by atoms with E-state index >= 15 is 0 Å². The van der Waals surface area contributed by atoms with Crippen LogP contribution < -0.4 is 0 Å². The average Bonchev–Trinajstić information content (AvgIpc) is 2.37. The molecule has 0 aliphatic rings. The summed E-state index contributed by atoms with van der Waals surface area (Å²) in [6.45, 7) is 1.98. The molecule has 0 saturated carbocycles. The molecule has 0 aliphatic carbocycles. The predicted octanol–water partition coefficient (Wildman–Crippen LogP) is 2.73. The van der Waals surface area contributed by atoms with Crippen molar-refractivity contribution in [2.75, 3.05) is 7.11 Å². The number of halogens is 1. The van der Waals surface area contributed by atoms with E-state index in [9.17, 15) is 10.1 Å². The summed E-state index contributed by atoms with van der Waals surface area (Å²) in [5, 5.41) is 9.83. The van der Waals surface area contributed by atoms with Crippen LogP contribution in [-0.2, 0) is 27.7 Å². The SMILES string of the molecule is CCc1c(CC(=O)OC)ccc(CBr)c1C#N. The molecule has 0 heterocycles. The van der Waals surface area contributed by atoms with Gasteiger partial charge < -0.3 is 4.74 Å². The highest BCUT2D eigenvalue weighted by Gasteiger charge is 2.13. The van der Waals surface area contributed by atoms with Gasteiger partial charge in [-0.05, 0) is 23.1 Å². The summed E-state index contributed by atoms with van der Waals surface area (Å²) in [5.41, 5.74) is 3.44. The second kappa shape index (κ2) is 6.41. The molecule has 0 unspecified atom stereocenters. The lowest BCUT2D eigenvalue weighted by Crippen LogP contribution is -2.08. The van der Waals surface area contributed by atoms with Gasteiger partial charge in [0.2, 0.25) is 0 Å². The van der Waals surface area contributed by atoms with Crippen LogP contribution in [0.4, 0.5) is 0 Å². The molecule has 0 saturated heterocycles. The minimum atomic E-state index is -0.282. The first-order chi connectivity index (χ1) is 8.17. The van der Waals surface area contributed by atoms with Crippen molar-refractivity contribution in [1.82, 2.24) is 0 Å². The maximum absolute atomic E-state index is 11.3. The van der Waals surface area contributed by atoms with Crippen LogP contribution in [0.1, 0.15) is 29.2 Å². The van der Waals surface area contributed by atoms with E-state index in [1.165, 1.54) is 7.11 Å². The third-order valence-corrected chi connectivity index (χ3v) is 3.27. The number of ether oxygens (including phenoxy) is 1. The monoisotopic (exact) mass is 295 g/mol. The van der Waals surface area contributed by atoms with Gasteiger partial charge in [0.15, 0.2) is 0 Å². The summed E-state index contributed by atoms with van der Waals surface area (Å²) in [4.78, 5) is 11.3. The van der Waals surface area contributed by atoms with Crippen LogP contribution in [0.5, 0.6) is 0 Å². The number of benzene rings is 1. The Labute approximate surface area is 110 Å². The number of nitriles is 1. The lowest BCUT2D eigenvalue weighted by molar-refractivity contribution is -0.139. The van der Waals surface area contributed by atoms with Gasteiger partial charge in [-0.1, -0.05) is 35.0 Å². The molecule has 0 N–H and O–H groups in total. The summed E-state index contributed by atoms with van der Waals surface area (Å²) < 4.78 is 4.65. The number of hydrogen-bond acceptors (Lipinski definition) is 3. The van der Waals surface area contributed by atoms with E-state index in [0.29, 0.717) is 10.9 Å². The first kappa shape index (κ1) is 13.7. The van der Waals surface area contributed by atoms with Crippen molar-refractivity contribution in [2.45, 2.75) is 25.1 Å². The first-order valence-electron chi connectivity index (χ1n) is 5.34. The molecule has 0 atom stereocenters. The van der Waals surface area contributed by atoms with Crippen LogP contribution in [0.15, 0.2) is 12.1 Å². The number of carbonyl (C=O) groups is 1. The summed E-state index contributed by atoms with van der Waals surface area (Å²) in [5.74, 6) is -0.282. The van der Waals surface area contributed by atoms with Gasteiger partial charge in [0, 0.05) is 5.33 Å². The fourth-order valence-electron chi connectivity index (χ4n) is 1.79. The van der Waals surface area contributed by atoms with Crippen LogP contribution in [0.3, 0.4) is 0 Å². The van der Waals surface area contributed by atoms with Gasteiger partial charge in [-0.2, -0.15) is 5.26 Å². The van der Waals surface area contributed by atoms with Gasteiger partial charge in [0.1, 0.15) is 0 Å². The van der Waals surface area contributed by atoms with Gasteiger partial charge in [-0.15, -0.1) is 0 Å². The molecule has 4 heteroatoms. The van der Waals surface area contributed by atoms with E-state index in [1.54, 1.807) is 0 Å². The van der Waals surface area contributed by atoms with Crippen molar-refractivity contribution in [2.24, 2.45) is 0 Å². The van der Waals surface area contributed by atoms with E-state index in [0.717, 1.165) is 23.1 Å². The van der Waals surface area contributed by atoms with Gasteiger partial charge in [0.05, 0.1) is 25.2 Å². The fraction of sp³-hybridized carbons (Fsp3) is 0.385. The molecule has 0 aliphatic heterocycles. The van der Waals surface area contributed by atoms with E-state index in [2.05, 4.69) is 26.7 Å². The third-order valence-electron chi connectivity index (χ3n) is 2.67. The Hall–Kier alpha value is -1.34. The molecule has 1 aromatic carbocycles. The summed E-state index contributed by atoms with van der Waals surface area (Å²) in [6.07, 6.45) is 0.951. The number of nitrogens with zero attached hydrogens (tertiary/aromatic N) is 1. The molecule has 3 nitrogen and oxygen atoms in total. The fourth-order valence-corrected chi connectivity index (χ4v) is 2.25. The highest BCUT2D eigenvalue weighted by atomic mass is 79.9. The Bertz CT molecular complexity index is 463. The molecular weight excluding hydrogens is 282 g/mol. The van der Waals surface area contributed by atoms with E-state index in [-0.39, 0.29) is 12.4 Å². The minimum absolute atomic E-state index is 0.219. The zero-order valence-corrected chi connectivity index (χ0v) is 11.5. The second-order valence-corrected chi connectivity index (χ2v) is 4.15. The Morgan fingerprint density at radius 3 is 2.59 bits per heavy atom. The maximum atomic E-state index is 11.3. The first-order valence-corrected chi connectivity index (χ1v) is 6.46. The lowest BCUT2D eigenvalue weighted by atomic mass is 9.94. The third kappa shape index (κ3) is 3.07. The van der Waals surface area contributed by atoms with E-state index in [4.69, 9.17) is 0 Å². The molecular formula is C13H14BrNO2. The Morgan fingerprint density at radius 1 is 1.47 bits per heavy atom. The van der Waals surface area contributed by atoms with Crippen molar-refractivity contribution in [1.29, 1.82) is 5.26 Å². The number of methoxy groups -OCH3 is 1. The minimum Gasteiger partial charge on any atom is -0.469 e. The number of alkyl halides is 1. The standard InChI is InChI=1S/C13H14BrNO2/c1-3-11-9(6-13(16)17-2)4-5-10(7-14)12(11)8-15/h4-5H,3,6-7H2,1-2H3. The second-order valence-electron chi connectivity index (χ2n) is 3.59. The van der Waals surface area contributed by atoms with Crippen molar-refractivity contribution >= 4 is 21.9 Å². The molecule has 0 fully saturated rings. The van der Waals surface area contributed by atoms with Crippen LogP contribution in [0, 0.1) is 11.3 Å². The van der Waals surface area contributed by atoms with E-state index in [1.807, 2.05) is 19.1 Å². The van der Waals surface area contributed by atoms with Gasteiger partial charge in [-0.25, -0.2) is 0 Å². The van der Waals surface area contributed by atoms with Gasteiger partial charge >= 0.3 is 5.97 Å². The summed E-state index contributed by atoms with van der Waals surface area (Å²) in [6, 6.07) is 5.99. The average molecular weight is 296 g/mol. The van der Waals surface area contributed by atoms with Gasteiger partial charge in [0.25, 0.3) is 0 Å². The molecule has 0 spiro atoms. The van der Waals surface area contributed by atoms with Crippen LogP contribution >= 0.6 is 15.9 Å². The normalized spacial score (nSPS) is 9.76. The van der Waals surface area contributed by atoms with Crippen molar-refractivity contribution in [3.05, 3.63) is 34.4 Å². The number of rotatable bonds is 4. The number of hydrogen-bond donors (Lipinski definition) is 0. The summed E-state index contributed by atoms with van der Waals surface area (Å²) in [7, 11) is 1.37. The molecule has 17 heavy (non-hydrogen) atoms. The molecule has 0 aromatic heterocycles. The van der Waals surface area contributed by atoms with Gasteiger partial charge in [-0.3, -0.25) is 4.79 Å². The Balaban J connectivity index is 3.24. The maximum Gasteiger partial charge on any atom is 0.309 e. The largest absolute Gasteiger partial charge is 0.469 e. The quantitative estimate of drug-likeness (QED) is 0.634. The smallest absolute Gasteiger partial charge is 0.309 e. The summed E-state index contributed by atoms with van der Waals surface area (Å²) >= 11 is 3.36. The number of carbonyl (C=O) groups excluding carboxylic acids is 1. The molecule has 90 valence electrons. The molecule has 1 aromatic rings. The van der Waals surface area contributed by atoms with Crippen LogP contribution in [0.25, 0.3) is 0 Å². The topological polar surface area (TPSA) is 50.1 Å². The van der Waals surface area contributed by atoms with E-state index < -0.39 is 0 Å². The highest BCUT2D eigenvalue weighted by Crippen LogP contribution is 2.22. The molecule has 0 bridgehead atoms. The molecule has 1 rings (SSSR count). The Kier molecular flexibility index (Phi) is 5.17.